The number of hydrogen-bond donors (Lipinski definition) is 1. The molecule has 0 aromatic heterocycles. The molecule has 100 valence electrons. The summed E-state index contributed by atoms with van der Waals surface area (Å²) in [5, 5.41) is 4.23. The highest BCUT2D eigenvalue weighted by Gasteiger charge is 2.17. The number of rotatable bonds is 4. The van der Waals surface area contributed by atoms with Gasteiger partial charge in [0.05, 0.1) is 16.1 Å². The number of halogens is 3. The molecule has 1 nitrogen and oxygen atoms in total. The molecule has 0 saturated heterocycles. The first-order valence-corrected chi connectivity index (χ1v) is 6.81. The zero-order valence-corrected chi connectivity index (χ0v) is 12.0. The third-order valence-electron chi connectivity index (χ3n) is 2.90. The molecule has 0 saturated carbocycles. The molecular formula is C15H14Cl2FN. The van der Waals surface area contributed by atoms with Gasteiger partial charge in [0.2, 0.25) is 0 Å². The Morgan fingerprint density at radius 1 is 1.11 bits per heavy atom. The van der Waals surface area contributed by atoms with Crippen molar-refractivity contribution in [2.45, 2.75) is 13.0 Å². The monoisotopic (exact) mass is 297 g/mol. The van der Waals surface area contributed by atoms with Gasteiger partial charge >= 0.3 is 0 Å². The van der Waals surface area contributed by atoms with Crippen LogP contribution in [0, 0.1) is 5.82 Å². The lowest BCUT2D eigenvalue weighted by atomic mass is 9.98. The molecule has 2 rings (SSSR count). The molecule has 0 aliphatic carbocycles. The topological polar surface area (TPSA) is 12.0 Å². The Morgan fingerprint density at radius 3 is 2.47 bits per heavy atom. The molecule has 1 unspecified atom stereocenters. The Labute approximate surface area is 122 Å². The molecule has 0 aliphatic heterocycles. The second-order valence-electron chi connectivity index (χ2n) is 4.19. The van der Waals surface area contributed by atoms with Crippen LogP contribution in [-0.4, -0.2) is 6.54 Å². The lowest BCUT2D eigenvalue weighted by Gasteiger charge is -2.20. The summed E-state index contributed by atoms with van der Waals surface area (Å²) in [4.78, 5) is 0. The average Bonchev–Trinajstić information content (AvgIpc) is 2.40. The van der Waals surface area contributed by atoms with Gasteiger partial charge in [0.15, 0.2) is 0 Å². The normalized spacial score (nSPS) is 12.4. The van der Waals surface area contributed by atoms with E-state index in [0.29, 0.717) is 15.6 Å². The molecule has 0 radical (unpaired) electrons. The Bertz CT molecular complexity index is 572. The van der Waals surface area contributed by atoms with Crippen LogP contribution in [0.2, 0.25) is 10.0 Å². The van der Waals surface area contributed by atoms with Crippen molar-refractivity contribution in [2.75, 3.05) is 6.54 Å². The molecule has 0 amide bonds. The molecule has 0 aliphatic rings. The third-order valence-corrected chi connectivity index (χ3v) is 3.64. The molecule has 4 heteroatoms. The maximum atomic E-state index is 13.9. The summed E-state index contributed by atoms with van der Waals surface area (Å²) < 4.78 is 13.9. The van der Waals surface area contributed by atoms with Crippen LogP contribution in [0.5, 0.6) is 0 Å². The first-order valence-electron chi connectivity index (χ1n) is 6.06. The second-order valence-corrected chi connectivity index (χ2v) is 5.00. The number of benzene rings is 2. The molecule has 2 aromatic rings. The van der Waals surface area contributed by atoms with E-state index in [1.54, 1.807) is 24.3 Å². The average molecular weight is 298 g/mol. The van der Waals surface area contributed by atoms with Crippen molar-refractivity contribution < 1.29 is 4.39 Å². The summed E-state index contributed by atoms with van der Waals surface area (Å²) >= 11 is 11.9. The Balaban J connectivity index is 2.45. The largest absolute Gasteiger partial charge is 0.306 e. The van der Waals surface area contributed by atoms with Crippen LogP contribution in [0.25, 0.3) is 0 Å². The zero-order chi connectivity index (χ0) is 13.8. The van der Waals surface area contributed by atoms with Gasteiger partial charge in [-0.3, -0.25) is 0 Å². The van der Waals surface area contributed by atoms with Crippen molar-refractivity contribution in [3.63, 3.8) is 0 Å². The molecule has 0 fully saturated rings. The molecule has 0 spiro atoms. The lowest BCUT2D eigenvalue weighted by Crippen LogP contribution is -2.23. The van der Waals surface area contributed by atoms with Crippen molar-refractivity contribution in [3.05, 3.63) is 69.5 Å². The van der Waals surface area contributed by atoms with E-state index in [0.717, 1.165) is 12.1 Å². The highest BCUT2D eigenvalue weighted by molar-refractivity contribution is 6.42. The first kappa shape index (κ1) is 14.3. The molecular weight excluding hydrogens is 284 g/mol. The van der Waals surface area contributed by atoms with Gasteiger partial charge in [-0.15, -0.1) is 0 Å². The van der Waals surface area contributed by atoms with Crippen LogP contribution in [0.15, 0.2) is 42.5 Å². The number of nitrogens with one attached hydrogen (secondary N) is 1. The van der Waals surface area contributed by atoms with Crippen LogP contribution < -0.4 is 5.32 Å². The van der Waals surface area contributed by atoms with E-state index in [1.165, 1.54) is 6.07 Å². The summed E-state index contributed by atoms with van der Waals surface area (Å²) in [5.74, 6) is -0.237. The minimum Gasteiger partial charge on any atom is -0.306 e. The van der Waals surface area contributed by atoms with Crippen LogP contribution in [0.4, 0.5) is 4.39 Å². The molecule has 1 atom stereocenters. The van der Waals surface area contributed by atoms with Gasteiger partial charge in [-0.2, -0.15) is 0 Å². The van der Waals surface area contributed by atoms with Gasteiger partial charge < -0.3 is 5.32 Å². The van der Waals surface area contributed by atoms with Gasteiger partial charge in [-0.25, -0.2) is 4.39 Å². The van der Waals surface area contributed by atoms with Gasteiger partial charge in [0.1, 0.15) is 5.82 Å². The van der Waals surface area contributed by atoms with E-state index < -0.39 is 0 Å². The predicted octanol–water partition coefficient (Wildman–Crippen LogP) is 4.83. The Morgan fingerprint density at radius 2 is 1.84 bits per heavy atom. The van der Waals surface area contributed by atoms with Crippen molar-refractivity contribution in [1.29, 1.82) is 0 Å². The van der Waals surface area contributed by atoms with E-state index in [2.05, 4.69) is 5.32 Å². The zero-order valence-electron chi connectivity index (χ0n) is 10.5. The lowest BCUT2D eigenvalue weighted by molar-refractivity contribution is 0.559. The maximum Gasteiger partial charge on any atom is 0.128 e. The van der Waals surface area contributed by atoms with Crippen LogP contribution in [0.1, 0.15) is 24.1 Å². The van der Waals surface area contributed by atoms with Crippen molar-refractivity contribution >= 4 is 23.2 Å². The first-order chi connectivity index (χ1) is 9.13. The van der Waals surface area contributed by atoms with Gasteiger partial charge in [-0.05, 0) is 30.3 Å². The summed E-state index contributed by atoms with van der Waals surface area (Å²) in [5.41, 5.74) is 1.49. The standard InChI is InChI=1S/C15H14Cl2FN/c1-2-19-15(11-5-3-4-6-14(11)18)10-7-8-12(16)13(17)9-10/h3-9,15,19H,2H2,1H3. The minimum absolute atomic E-state index is 0.235. The van der Waals surface area contributed by atoms with Gasteiger partial charge in [0, 0.05) is 5.56 Å². The maximum absolute atomic E-state index is 13.9. The summed E-state index contributed by atoms with van der Waals surface area (Å²) in [6.07, 6.45) is 0. The van der Waals surface area contributed by atoms with Gasteiger partial charge in [-0.1, -0.05) is 54.4 Å². The highest BCUT2D eigenvalue weighted by Crippen LogP contribution is 2.29. The molecule has 19 heavy (non-hydrogen) atoms. The van der Waals surface area contributed by atoms with E-state index >= 15 is 0 Å². The van der Waals surface area contributed by atoms with E-state index in [1.807, 2.05) is 19.1 Å². The predicted molar refractivity (Wildman–Crippen MR) is 78.4 cm³/mol. The molecule has 0 bridgehead atoms. The molecule has 1 N–H and O–H groups in total. The van der Waals surface area contributed by atoms with E-state index in [9.17, 15) is 4.39 Å². The number of hydrogen-bond acceptors (Lipinski definition) is 1. The van der Waals surface area contributed by atoms with Crippen molar-refractivity contribution in [2.24, 2.45) is 0 Å². The summed E-state index contributed by atoms with van der Waals surface area (Å²) in [6.45, 7) is 2.70. The summed E-state index contributed by atoms with van der Waals surface area (Å²) in [6, 6.07) is 11.8. The van der Waals surface area contributed by atoms with Crippen LogP contribution >= 0.6 is 23.2 Å². The second kappa shape index (κ2) is 6.38. The highest BCUT2D eigenvalue weighted by atomic mass is 35.5. The fourth-order valence-corrected chi connectivity index (χ4v) is 2.32. The molecule has 2 aromatic carbocycles. The Kier molecular flexibility index (Phi) is 4.81. The molecule has 0 heterocycles. The SMILES string of the molecule is CCNC(c1ccc(Cl)c(Cl)c1)c1ccccc1F. The van der Waals surface area contributed by atoms with Crippen LogP contribution in [0.3, 0.4) is 0 Å². The minimum atomic E-state index is -0.237. The smallest absolute Gasteiger partial charge is 0.128 e. The quantitative estimate of drug-likeness (QED) is 0.852. The van der Waals surface area contributed by atoms with Gasteiger partial charge in [0.25, 0.3) is 0 Å². The van der Waals surface area contributed by atoms with E-state index in [-0.39, 0.29) is 11.9 Å². The van der Waals surface area contributed by atoms with Crippen molar-refractivity contribution in [3.8, 4) is 0 Å². The van der Waals surface area contributed by atoms with Crippen molar-refractivity contribution in [1.82, 2.24) is 5.32 Å². The third kappa shape index (κ3) is 3.27. The van der Waals surface area contributed by atoms with Crippen LogP contribution in [-0.2, 0) is 0 Å². The Hall–Kier alpha value is -1.09. The summed E-state index contributed by atoms with van der Waals surface area (Å²) in [7, 11) is 0. The fourth-order valence-electron chi connectivity index (χ4n) is 2.01. The van der Waals surface area contributed by atoms with E-state index in [4.69, 9.17) is 23.2 Å². The fraction of sp³-hybridized carbons (Fsp3) is 0.200.